The fourth-order valence-electron chi connectivity index (χ4n) is 3.09. The van der Waals surface area contributed by atoms with Gasteiger partial charge < -0.3 is 10.2 Å². The molecule has 0 aliphatic heterocycles. The maximum Gasteiger partial charge on any atom is 0.115 e. The molecule has 2 rings (SSSR count). The predicted octanol–water partition coefficient (Wildman–Crippen LogP) is 3.51. The molecule has 0 amide bonds. The number of hydrogen-bond acceptors (Lipinski definition) is 2. The number of hydrogen-bond donors (Lipinski definition) is 2. The summed E-state index contributed by atoms with van der Waals surface area (Å²) in [6, 6.07) is 7.19. The molecule has 1 saturated carbocycles. The van der Waals surface area contributed by atoms with E-state index in [2.05, 4.69) is 6.92 Å². The molecule has 0 aromatic heterocycles. The Bertz CT molecular complexity index is 358. The van der Waals surface area contributed by atoms with Crippen LogP contribution in [0.1, 0.15) is 44.6 Å². The van der Waals surface area contributed by atoms with Crippen molar-refractivity contribution in [1.82, 2.24) is 0 Å². The summed E-state index contributed by atoms with van der Waals surface area (Å²) in [6.07, 6.45) is 6.65. The lowest BCUT2D eigenvalue weighted by Gasteiger charge is -2.31. The monoisotopic (exact) mass is 248 g/mol. The van der Waals surface area contributed by atoms with Crippen molar-refractivity contribution >= 4 is 0 Å². The molecule has 1 fully saturated rings. The van der Waals surface area contributed by atoms with Crippen molar-refractivity contribution in [3.05, 3.63) is 29.8 Å². The zero-order chi connectivity index (χ0) is 13.0. The second kappa shape index (κ2) is 6.24. The van der Waals surface area contributed by atoms with Crippen molar-refractivity contribution in [1.29, 1.82) is 0 Å². The first-order chi connectivity index (χ1) is 8.69. The summed E-state index contributed by atoms with van der Waals surface area (Å²) in [5, 5.41) is 19.6. The average Bonchev–Trinajstić information content (AvgIpc) is 2.41. The Morgan fingerprint density at radius 1 is 1.22 bits per heavy atom. The fraction of sp³-hybridized carbons (Fsp3) is 0.625. The van der Waals surface area contributed by atoms with Crippen molar-refractivity contribution < 1.29 is 10.2 Å². The second-order valence-electron chi connectivity index (χ2n) is 5.64. The van der Waals surface area contributed by atoms with Crippen LogP contribution in [0.5, 0.6) is 5.75 Å². The Kier molecular flexibility index (Phi) is 4.65. The van der Waals surface area contributed by atoms with Crippen LogP contribution in [-0.4, -0.2) is 16.3 Å². The summed E-state index contributed by atoms with van der Waals surface area (Å²) < 4.78 is 0. The summed E-state index contributed by atoms with van der Waals surface area (Å²) in [6.45, 7) is 2.25. The number of rotatable bonds is 4. The Labute approximate surface area is 110 Å². The standard InChI is InChI=1S/C16H24O2/c1-2-12-4-3-5-14(10-12)16(18)11-13-6-8-15(17)9-7-13/h6-9,12,14,16-18H,2-5,10-11H2,1H3. The van der Waals surface area contributed by atoms with Gasteiger partial charge in [0.25, 0.3) is 0 Å². The second-order valence-corrected chi connectivity index (χ2v) is 5.64. The van der Waals surface area contributed by atoms with Gasteiger partial charge in [0.15, 0.2) is 0 Å². The molecule has 0 spiro atoms. The molecule has 1 aliphatic rings. The van der Waals surface area contributed by atoms with Crippen LogP contribution < -0.4 is 0 Å². The predicted molar refractivity (Wildman–Crippen MR) is 73.6 cm³/mol. The highest BCUT2D eigenvalue weighted by atomic mass is 16.3. The molecule has 1 aliphatic carbocycles. The minimum Gasteiger partial charge on any atom is -0.508 e. The molecule has 0 radical (unpaired) electrons. The van der Waals surface area contributed by atoms with Crippen molar-refractivity contribution in [2.24, 2.45) is 11.8 Å². The minimum absolute atomic E-state index is 0.233. The highest BCUT2D eigenvalue weighted by molar-refractivity contribution is 5.26. The Hall–Kier alpha value is -1.02. The van der Waals surface area contributed by atoms with E-state index in [1.807, 2.05) is 12.1 Å². The van der Waals surface area contributed by atoms with E-state index >= 15 is 0 Å². The fourth-order valence-corrected chi connectivity index (χ4v) is 3.09. The van der Waals surface area contributed by atoms with Crippen LogP contribution in [0, 0.1) is 11.8 Å². The highest BCUT2D eigenvalue weighted by Gasteiger charge is 2.26. The molecule has 2 heteroatoms. The third-order valence-electron chi connectivity index (χ3n) is 4.33. The number of benzene rings is 1. The normalized spacial score (nSPS) is 25.9. The summed E-state index contributed by atoms with van der Waals surface area (Å²) in [4.78, 5) is 0. The van der Waals surface area contributed by atoms with Crippen molar-refractivity contribution in [3.63, 3.8) is 0 Å². The van der Waals surface area contributed by atoms with Crippen LogP contribution in [0.3, 0.4) is 0 Å². The maximum absolute atomic E-state index is 10.3. The average molecular weight is 248 g/mol. The molecular weight excluding hydrogens is 224 g/mol. The Morgan fingerprint density at radius 2 is 1.94 bits per heavy atom. The Balaban J connectivity index is 1.90. The number of aromatic hydroxyl groups is 1. The van der Waals surface area contributed by atoms with E-state index in [9.17, 15) is 10.2 Å². The third kappa shape index (κ3) is 3.49. The van der Waals surface area contributed by atoms with Gasteiger partial charge in [-0.15, -0.1) is 0 Å². The molecule has 2 nitrogen and oxygen atoms in total. The molecule has 2 N–H and O–H groups in total. The molecule has 3 atom stereocenters. The van der Waals surface area contributed by atoms with Gasteiger partial charge in [0.2, 0.25) is 0 Å². The molecule has 0 saturated heterocycles. The number of aliphatic hydroxyl groups is 1. The molecular formula is C16H24O2. The van der Waals surface area contributed by atoms with Gasteiger partial charge in [-0.2, -0.15) is 0 Å². The number of aliphatic hydroxyl groups excluding tert-OH is 1. The van der Waals surface area contributed by atoms with Crippen LogP contribution in [0.2, 0.25) is 0 Å². The summed E-state index contributed by atoms with van der Waals surface area (Å²) in [5.41, 5.74) is 1.11. The molecule has 3 unspecified atom stereocenters. The molecule has 1 aromatic rings. The smallest absolute Gasteiger partial charge is 0.115 e. The van der Waals surface area contributed by atoms with Crippen LogP contribution in [0.15, 0.2) is 24.3 Å². The zero-order valence-electron chi connectivity index (χ0n) is 11.2. The van der Waals surface area contributed by atoms with Gasteiger partial charge in [0.05, 0.1) is 6.10 Å². The Morgan fingerprint density at radius 3 is 2.61 bits per heavy atom. The molecule has 18 heavy (non-hydrogen) atoms. The topological polar surface area (TPSA) is 40.5 Å². The largest absolute Gasteiger partial charge is 0.508 e. The van der Waals surface area contributed by atoms with Gasteiger partial charge in [-0.1, -0.05) is 38.3 Å². The van der Waals surface area contributed by atoms with E-state index < -0.39 is 0 Å². The van der Waals surface area contributed by atoms with Gasteiger partial charge in [-0.3, -0.25) is 0 Å². The van der Waals surface area contributed by atoms with Crippen LogP contribution in [0.25, 0.3) is 0 Å². The van der Waals surface area contributed by atoms with E-state index in [1.165, 1.54) is 25.7 Å². The molecule has 0 heterocycles. The molecule has 0 bridgehead atoms. The van der Waals surface area contributed by atoms with Crippen LogP contribution in [-0.2, 0) is 6.42 Å². The lowest BCUT2D eigenvalue weighted by atomic mass is 9.76. The van der Waals surface area contributed by atoms with Crippen LogP contribution in [0.4, 0.5) is 0 Å². The van der Waals surface area contributed by atoms with Crippen molar-refractivity contribution in [2.45, 2.75) is 51.6 Å². The van der Waals surface area contributed by atoms with E-state index in [-0.39, 0.29) is 11.9 Å². The van der Waals surface area contributed by atoms with Crippen molar-refractivity contribution in [3.8, 4) is 5.75 Å². The van der Waals surface area contributed by atoms with E-state index in [4.69, 9.17) is 0 Å². The third-order valence-corrected chi connectivity index (χ3v) is 4.33. The number of phenolic OH excluding ortho intramolecular Hbond substituents is 1. The first-order valence-electron chi connectivity index (χ1n) is 7.15. The van der Waals surface area contributed by atoms with E-state index in [0.29, 0.717) is 12.3 Å². The molecule has 1 aromatic carbocycles. The number of phenols is 1. The van der Waals surface area contributed by atoms with E-state index in [1.54, 1.807) is 12.1 Å². The first kappa shape index (κ1) is 13.4. The van der Waals surface area contributed by atoms with Gasteiger partial charge in [0.1, 0.15) is 5.75 Å². The van der Waals surface area contributed by atoms with Crippen molar-refractivity contribution in [2.75, 3.05) is 0 Å². The highest BCUT2D eigenvalue weighted by Crippen LogP contribution is 2.33. The minimum atomic E-state index is -0.233. The summed E-state index contributed by atoms with van der Waals surface area (Å²) in [5.74, 6) is 1.55. The SMILES string of the molecule is CCC1CCCC(C(O)Cc2ccc(O)cc2)C1. The summed E-state index contributed by atoms with van der Waals surface area (Å²) in [7, 11) is 0. The molecule has 100 valence electrons. The van der Waals surface area contributed by atoms with Gasteiger partial charge in [0, 0.05) is 0 Å². The first-order valence-corrected chi connectivity index (χ1v) is 7.15. The summed E-state index contributed by atoms with van der Waals surface area (Å²) >= 11 is 0. The van der Waals surface area contributed by atoms with Gasteiger partial charge in [-0.05, 0) is 48.8 Å². The van der Waals surface area contributed by atoms with E-state index in [0.717, 1.165) is 17.9 Å². The zero-order valence-corrected chi connectivity index (χ0v) is 11.2. The lowest BCUT2D eigenvalue weighted by molar-refractivity contribution is 0.0685. The lowest BCUT2D eigenvalue weighted by Crippen LogP contribution is -2.28. The van der Waals surface area contributed by atoms with Gasteiger partial charge in [-0.25, -0.2) is 0 Å². The quantitative estimate of drug-likeness (QED) is 0.856. The van der Waals surface area contributed by atoms with Crippen LogP contribution >= 0.6 is 0 Å². The maximum atomic E-state index is 10.3. The van der Waals surface area contributed by atoms with Gasteiger partial charge >= 0.3 is 0 Å².